The summed E-state index contributed by atoms with van der Waals surface area (Å²) in [6.45, 7) is 5.09. The lowest BCUT2D eigenvalue weighted by Gasteiger charge is -2.16. The number of nitrogens with zero attached hydrogens (tertiary/aromatic N) is 1. The molecule has 124 valence electrons. The molecule has 0 aromatic heterocycles. The first-order valence-corrected chi connectivity index (χ1v) is 7.91. The van der Waals surface area contributed by atoms with E-state index in [4.69, 9.17) is 4.74 Å². The summed E-state index contributed by atoms with van der Waals surface area (Å²) in [6, 6.07) is 6.72. The maximum atomic E-state index is 12.4. The molecule has 0 radical (unpaired) electrons. The van der Waals surface area contributed by atoms with Crippen LogP contribution in [0.25, 0.3) is 0 Å². The molecule has 6 nitrogen and oxygen atoms in total. The molecule has 1 unspecified atom stereocenters. The second-order valence-corrected chi connectivity index (χ2v) is 5.50. The average molecular weight is 318 g/mol. The van der Waals surface area contributed by atoms with Gasteiger partial charge < -0.3 is 15.0 Å². The molecule has 1 heterocycles. The number of hydrogen-bond donors (Lipinski definition) is 1. The second-order valence-electron chi connectivity index (χ2n) is 5.50. The van der Waals surface area contributed by atoms with Gasteiger partial charge in [-0.2, -0.15) is 0 Å². The van der Waals surface area contributed by atoms with E-state index in [-0.39, 0.29) is 30.8 Å². The highest BCUT2D eigenvalue weighted by Gasteiger charge is 2.34. The molecule has 1 saturated heterocycles. The number of anilines is 1. The Labute approximate surface area is 135 Å². The Bertz CT molecular complexity index is 600. The van der Waals surface area contributed by atoms with Crippen molar-refractivity contribution in [2.45, 2.75) is 26.7 Å². The van der Waals surface area contributed by atoms with E-state index in [1.165, 1.54) is 0 Å². The Morgan fingerprint density at radius 1 is 1.30 bits per heavy atom. The molecule has 1 aliphatic rings. The van der Waals surface area contributed by atoms with Crippen molar-refractivity contribution in [3.8, 4) is 0 Å². The monoisotopic (exact) mass is 318 g/mol. The summed E-state index contributed by atoms with van der Waals surface area (Å²) in [4.78, 5) is 37.9. The molecule has 2 rings (SSSR count). The molecule has 23 heavy (non-hydrogen) atoms. The number of benzene rings is 1. The third-order valence-corrected chi connectivity index (χ3v) is 3.76. The number of carbonyl (C=O) groups is 3. The SMILES string of the molecule is CCCN1CC(C(=O)Nc2ccccc2C(=O)OCC)CC1=O. The molecular weight excluding hydrogens is 296 g/mol. The summed E-state index contributed by atoms with van der Waals surface area (Å²) >= 11 is 0. The number of likely N-dealkylation sites (tertiary alicyclic amines) is 1. The molecule has 1 aromatic carbocycles. The summed E-state index contributed by atoms with van der Waals surface area (Å²) in [6.07, 6.45) is 1.08. The minimum Gasteiger partial charge on any atom is -0.462 e. The van der Waals surface area contributed by atoms with E-state index in [0.717, 1.165) is 6.42 Å². The van der Waals surface area contributed by atoms with Crippen LogP contribution in [0.15, 0.2) is 24.3 Å². The number of esters is 1. The lowest BCUT2D eigenvalue weighted by atomic mass is 10.1. The molecular formula is C17H22N2O4. The second kappa shape index (κ2) is 7.76. The summed E-state index contributed by atoms with van der Waals surface area (Å²) in [5.74, 6) is -1.10. The van der Waals surface area contributed by atoms with Gasteiger partial charge in [-0.15, -0.1) is 0 Å². The van der Waals surface area contributed by atoms with Crippen molar-refractivity contribution in [1.29, 1.82) is 0 Å². The van der Waals surface area contributed by atoms with Gasteiger partial charge in [0.1, 0.15) is 0 Å². The topological polar surface area (TPSA) is 75.7 Å². The Hall–Kier alpha value is -2.37. The summed E-state index contributed by atoms with van der Waals surface area (Å²) in [5.41, 5.74) is 0.731. The number of nitrogens with one attached hydrogen (secondary N) is 1. The highest BCUT2D eigenvalue weighted by atomic mass is 16.5. The zero-order valence-electron chi connectivity index (χ0n) is 13.5. The normalized spacial score (nSPS) is 17.2. The number of amides is 2. The van der Waals surface area contributed by atoms with E-state index in [1.807, 2.05) is 6.92 Å². The van der Waals surface area contributed by atoms with E-state index in [2.05, 4.69) is 5.32 Å². The van der Waals surface area contributed by atoms with Crippen LogP contribution < -0.4 is 5.32 Å². The Balaban J connectivity index is 2.07. The molecule has 0 spiro atoms. The minimum absolute atomic E-state index is 0.00526. The molecule has 0 saturated carbocycles. The fourth-order valence-corrected chi connectivity index (χ4v) is 2.65. The molecule has 0 bridgehead atoms. The van der Waals surface area contributed by atoms with Gasteiger partial charge >= 0.3 is 5.97 Å². The van der Waals surface area contributed by atoms with Gasteiger partial charge in [-0.1, -0.05) is 19.1 Å². The maximum absolute atomic E-state index is 12.4. The fraction of sp³-hybridized carbons (Fsp3) is 0.471. The van der Waals surface area contributed by atoms with Crippen LogP contribution in [0.3, 0.4) is 0 Å². The predicted molar refractivity (Wildman–Crippen MR) is 86.0 cm³/mol. The molecule has 2 amide bonds. The number of ether oxygens (including phenoxy) is 1. The zero-order chi connectivity index (χ0) is 16.8. The van der Waals surface area contributed by atoms with Crippen molar-refractivity contribution in [2.24, 2.45) is 5.92 Å². The van der Waals surface area contributed by atoms with Crippen molar-refractivity contribution >= 4 is 23.5 Å². The van der Waals surface area contributed by atoms with Crippen molar-refractivity contribution in [1.82, 2.24) is 4.90 Å². The Morgan fingerprint density at radius 3 is 2.74 bits per heavy atom. The zero-order valence-corrected chi connectivity index (χ0v) is 13.5. The molecule has 1 fully saturated rings. The Morgan fingerprint density at radius 2 is 2.04 bits per heavy atom. The highest BCUT2D eigenvalue weighted by molar-refractivity contribution is 6.03. The molecule has 0 aliphatic carbocycles. The highest BCUT2D eigenvalue weighted by Crippen LogP contribution is 2.22. The van der Waals surface area contributed by atoms with Crippen molar-refractivity contribution < 1.29 is 19.1 Å². The molecule has 6 heteroatoms. The first-order valence-electron chi connectivity index (χ1n) is 7.91. The average Bonchev–Trinajstić information content (AvgIpc) is 2.90. The lowest BCUT2D eigenvalue weighted by molar-refractivity contribution is -0.128. The Kier molecular flexibility index (Phi) is 5.73. The summed E-state index contributed by atoms with van der Waals surface area (Å²) in [7, 11) is 0. The third kappa shape index (κ3) is 4.09. The standard InChI is InChI=1S/C17H22N2O4/c1-3-9-19-11-12(10-15(19)20)16(21)18-14-8-6-5-7-13(14)17(22)23-4-2/h5-8,12H,3-4,9-11H2,1-2H3,(H,18,21). The minimum atomic E-state index is -0.474. The van der Waals surface area contributed by atoms with E-state index in [0.29, 0.717) is 24.3 Å². The van der Waals surface area contributed by atoms with E-state index in [1.54, 1.807) is 36.1 Å². The van der Waals surface area contributed by atoms with Crippen LogP contribution in [0.2, 0.25) is 0 Å². The number of para-hydroxylation sites is 1. The van der Waals surface area contributed by atoms with Crippen LogP contribution in [0.1, 0.15) is 37.0 Å². The molecule has 1 aliphatic heterocycles. The van der Waals surface area contributed by atoms with Gasteiger partial charge in [0.15, 0.2) is 0 Å². The summed E-state index contributed by atoms with van der Waals surface area (Å²) in [5, 5.41) is 2.76. The van der Waals surface area contributed by atoms with Gasteiger partial charge in [0.2, 0.25) is 11.8 Å². The lowest BCUT2D eigenvalue weighted by Crippen LogP contribution is -2.29. The van der Waals surface area contributed by atoms with Crippen molar-refractivity contribution in [3.05, 3.63) is 29.8 Å². The molecule has 1 aromatic rings. The first kappa shape index (κ1) is 17.0. The van der Waals surface area contributed by atoms with Gasteiger partial charge in [0.05, 0.1) is 23.8 Å². The van der Waals surface area contributed by atoms with Crippen LogP contribution in [-0.2, 0) is 14.3 Å². The predicted octanol–water partition coefficient (Wildman–Crippen LogP) is 2.06. The van der Waals surface area contributed by atoms with Crippen molar-refractivity contribution in [3.63, 3.8) is 0 Å². The number of hydrogen-bond acceptors (Lipinski definition) is 4. The van der Waals surface area contributed by atoms with Crippen molar-refractivity contribution in [2.75, 3.05) is 25.0 Å². The first-order chi connectivity index (χ1) is 11.1. The van der Waals surface area contributed by atoms with Gasteiger partial charge in [-0.05, 0) is 25.5 Å². The van der Waals surface area contributed by atoms with Gasteiger partial charge in [0, 0.05) is 19.5 Å². The fourth-order valence-electron chi connectivity index (χ4n) is 2.65. The molecule has 1 N–H and O–H groups in total. The molecule has 1 atom stereocenters. The van der Waals surface area contributed by atoms with E-state index in [9.17, 15) is 14.4 Å². The van der Waals surface area contributed by atoms with Crippen LogP contribution in [-0.4, -0.2) is 42.4 Å². The smallest absolute Gasteiger partial charge is 0.340 e. The van der Waals surface area contributed by atoms with Gasteiger partial charge in [-0.25, -0.2) is 4.79 Å². The van der Waals surface area contributed by atoms with Crippen LogP contribution in [0.5, 0.6) is 0 Å². The quantitative estimate of drug-likeness (QED) is 0.815. The van der Waals surface area contributed by atoms with Crippen LogP contribution >= 0.6 is 0 Å². The van der Waals surface area contributed by atoms with E-state index >= 15 is 0 Å². The number of rotatable bonds is 6. The van der Waals surface area contributed by atoms with E-state index < -0.39 is 5.97 Å². The third-order valence-electron chi connectivity index (χ3n) is 3.76. The summed E-state index contributed by atoms with van der Waals surface area (Å²) < 4.78 is 4.99. The largest absolute Gasteiger partial charge is 0.462 e. The number of carbonyl (C=O) groups excluding carboxylic acids is 3. The van der Waals surface area contributed by atoms with Crippen LogP contribution in [0, 0.1) is 5.92 Å². The van der Waals surface area contributed by atoms with Crippen LogP contribution in [0.4, 0.5) is 5.69 Å². The van der Waals surface area contributed by atoms with Gasteiger partial charge in [0.25, 0.3) is 0 Å². The maximum Gasteiger partial charge on any atom is 0.340 e. The van der Waals surface area contributed by atoms with Gasteiger partial charge in [-0.3, -0.25) is 9.59 Å².